The van der Waals surface area contributed by atoms with E-state index < -0.39 is 0 Å². The molecule has 0 aliphatic heterocycles. The minimum Gasteiger partial charge on any atom is -0.495 e. The molecule has 2 N–H and O–H groups in total. The molecule has 1 heterocycles. The Kier molecular flexibility index (Phi) is 5.63. The van der Waals surface area contributed by atoms with Gasteiger partial charge in [-0.05, 0) is 36.8 Å². The third-order valence-electron chi connectivity index (χ3n) is 3.91. The molecule has 26 heavy (non-hydrogen) atoms. The lowest BCUT2D eigenvalue weighted by atomic mass is 10.2. The number of ether oxygens (including phenoxy) is 1. The largest absolute Gasteiger partial charge is 0.495 e. The van der Waals surface area contributed by atoms with Crippen LogP contribution in [-0.2, 0) is 10.5 Å². The Morgan fingerprint density at radius 2 is 2.00 bits per heavy atom. The number of carbonyl (C=O) groups excluding carboxylic acids is 1. The predicted molar refractivity (Wildman–Crippen MR) is 107 cm³/mol. The van der Waals surface area contributed by atoms with Gasteiger partial charge in [0.25, 0.3) is 0 Å². The fourth-order valence-corrected chi connectivity index (χ4v) is 3.42. The summed E-state index contributed by atoms with van der Waals surface area (Å²) in [5.74, 6) is 1.36. The van der Waals surface area contributed by atoms with Crippen LogP contribution in [0.3, 0.4) is 0 Å². The molecule has 134 valence electrons. The molecule has 0 unspecified atom stereocenters. The number of hydrogen-bond donors (Lipinski definition) is 2. The second-order valence-corrected chi connectivity index (χ2v) is 6.93. The van der Waals surface area contributed by atoms with Crippen LogP contribution in [-0.4, -0.2) is 23.8 Å². The molecule has 0 atom stereocenters. The summed E-state index contributed by atoms with van der Waals surface area (Å²) in [6, 6.07) is 14.6. The standard InChI is InChI=1S/C20H20N2O3S/c1-13-7-8-19(25-2)17(9-13)22-20(24)12-26-11-14-10-18(23)15-5-3-4-6-16(15)21-14/h3-10H,11-12H2,1-2H3,(H,21,23)(H,22,24). The molecular weight excluding hydrogens is 348 g/mol. The van der Waals surface area contributed by atoms with Crippen molar-refractivity contribution in [3.05, 3.63) is 70.0 Å². The van der Waals surface area contributed by atoms with Gasteiger partial charge in [-0.3, -0.25) is 9.59 Å². The van der Waals surface area contributed by atoms with Crippen molar-refractivity contribution >= 4 is 34.3 Å². The Hall–Kier alpha value is -2.73. The molecule has 3 rings (SSSR count). The van der Waals surface area contributed by atoms with Crippen LogP contribution in [0.2, 0.25) is 0 Å². The van der Waals surface area contributed by atoms with Gasteiger partial charge in [0, 0.05) is 28.4 Å². The number of aromatic nitrogens is 1. The van der Waals surface area contributed by atoms with Gasteiger partial charge in [0.1, 0.15) is 5.75 Å². The molecule has 0 saturated heterocycles. The van der Waals surface area contributed by atoms with Gasteiger partial charge in [-0.1, -0.05) is 18.2 Å². The Labute approximate surface area is 155 Å². The summed E-state index contributed by atoms with van der Waals surface area (Å²) in [5.41, 5.74) is 3.31. The molecule has 0 fully saturated rings. The van der Waals surface area contributed by atoms with E-state index in [0.717, 1.165) is 16.8 Å². The zero-order valence-electron chi connectivity index (χ0n) is 14.7. The molecular formula is C20H20N2O3S. The predicted octanol–water partition coefficient (Wildman–Crippen LogP) is 3.72. The SMILES string of the molecule is COc1ccc(C)cc1NC(=O)CSCc1cc(=O)c2ccccc2[nH]1. The van der Waals surface area contributed by atoms with E-state index in [9.17, 15) is 9.59 Å². The van der Waals surface area contributed by atoms with Gasteiger partial charge in [0.05, 0.1) is 18.6 Å². The fraction of sp³-hybridized carbons (Fsp3) is 0.200. The number of anilines is 1. The molecule has 5 nitrogen and oxygen atoms in total. The third kappa shape index (κ3) is 4.26. The van der Waals surface area contributed by atoms with Crippen LogP contribution in [0.15, 0.2) is 53.3 Å². The highest BCUT2D eigenvalue weighted by molar-refractivity contribution is 7.99. The molecule has 0 saturated carbocycles. The number of H-pyrrole nitrogens is 1. The van der Waals surface area contributed by atoms with Gasteiger partial charge in [-0.15, -0.1) is 11.8 Å². The molecule has 6 heteroatoms. The number of hydrogen-bond acceptors (Lipinski definition) is 4. The number of pyridine rings is 1. The molecule has 3 aromatic rings. The van der Waals surface area contributed by atoms with Crippen LogP contribution in [0.1, 0.15) is 11.3 Å². The summed E-state index contributed by atoms with van der Waals surface area (Å²) in [5, 5.41) is 3.54. The second-order valence-electron chi connectivity index (χ2n) is 5.95. The van der Waals surface area contributed by atoms with Gasteiger partial charge < -0.3 is 15.0 Å². The van der Waals surface area contributed by atoms with Crippen molar-refractivity contribution in [2.75, 3.05) is 18.2 Å². The number of para-hydroxylation sites is 1. The minimum absolute atomic E-state index is 0.0103. The molecule has 0 aliphatic carbocycles. The molecule has 0 spiro atoms. The van der Waals surface area contributed by atoms with Crippen molar-refractivity contribution in [3.63, 3.8) is 0 Å². The summed E-state index contributed by atoms with van der Waals surface area (Å²) in [6.07, 6.45) is 0. The molecule has 2 aromatic carbocycles. The lowest BCUT2D eigenvalue weighted by Crippen LogP contribution is -2.15. The number of aryl methyl sites for hydroxylation is 1. The van der Waals surface area contributed by atoms with E-state index in [1.165, 1.54) is 11.8 Å². The van der Waals surface area contributed by atoms with Crippen molar-refractivity contribution in [1.29, 1.82) is 0 Å². The first kappa shape index (κ1) is 18.1. The highest BCUT2D eigenvalue weighted by Crippen LogP contribution is 2.25. The van der Waals surface area contributed by atoms with Gasteiger partial charge in [-0.25, -0.2) is 0 Å². The monoisotopic (exact) mass is 368 g/mol. The first-order valence-corrected chi connectivity index (χ1v) is 9.35. The average molecular weight is 368 g/mol. The molecule has 1 aromatic heterocycles. The van der Waals surface area contributed by atoms with E-state index in [4.69, 9.17) is 4.74 Å². The number of fused-ring (bicyclic) bond motifs is 1. The Morgan fingerprint density at radius 3 is 2.81 bits per heavy atom. The number of thioether (sulfide) groups is 1. The molecule has 0 radical (unpaired) electrons. The van der Waals surface area contributed by atoms with E-state index in [2.05, 4.69) is 10.3 Å². The maximum Gasteiger partial charge on any atom is 0.234 e. The smallest absolute Gasteiger partial charge is 0.234 e. The third-order valence-corrected chi connectivity index (χ3v) is 4.89. The van der Waals surface area contributed by atoms with Crippen LogP contribution < -0.4 is 15.5 Å². The van der Waals surface area contributed by atoms with E-state index in [0.29, 0.717) is 22.6 Å². The normalized spacial score (nSPS) is 10.7. The summed E-state index contributed by atoms with van der Waals surface area (Å²) in [7, 11) is 1.57. The number of benzene rings is 2. The number of amides is 1. The van der Waals surface area contributed by atoms with Crippen molar-refractivity contribution in [2.24, 2.45) is 0 Å². The second kappa shape index (κ2) is 8.10. The van der Waals surface area contributed by atoms with Gasteiger partial charge in [0.15, 0.2) is 5.43 Å². The maximum absolute atomic E-state index is 12.2. The lowest BCUT2D eigenvalue weighted by Gasteiger charge is -2.11. The average Bonchev–Trinajstić information content (AvgIpc) is 2.62. The molecule has 1 amide bonds. The molecule has 0 aliphatic rings. The lowest BCUT2D eigenvalue weighted by molar-refractivity contribution is -0.113. The first-order chi connectivity index (χ1) is 12.6. The Bertz CT molecular complexity index is 998. The summed E-state index contributed by atoms with van der Waals surface area (Å²) < 4.78 is 5.27. The number of nitrogens with one attached hydrogen (secondary N) is 2. The van der Waals surface area contributed by atoms with E-state index in [1.54, 1.807) is 19.2 Å². The van der Waals surface area contributed by atoms with Gasteiger partial charge >= 0.3 is 0 Å². The Morgan fingerprint density at radius 1 is 1.19 bits per heavy atom. The topological polar surface area (TPSA) is 71.2 Å². The summed E-state index contributed by atoms with van der Waals surface area (Å²) in [6.45, 7) is 1.96. The van der Waals surface area contributed by atoms with Crippen LogP contribution in [0.4, 0.5) is 5.69 Å². The zero-order valence-corrected chi connectivity index (χ0v) is 15.5. The fourth-order valence-electron chi connectivity index (χ4n) is 2.69. The maximum atomic E-state index is 12.2. The number of methoxy groups -OCH3 is 1. The van der Waals surface area contributed by atoms with Gasteiger partial charge in [0.2, 0.25) is 5.91 Å². The highest BCUT2D eigenvalue weighted by Gasteiger charge is 2.09. The minimum atomic E-state index is -0.109. The molecule has 0 bridgehead atoms. The summed E-state index contributed by atoms with van der Waals surface area (Å²) in [4.78, 5) is 27.6. The quantitative estimate of drug-likeness (QED) is 0.696. The van der Waals surface area contributed by atoms with Gasteiger partial charge in [-0.2, -0.15) is 0 Å². The van der Waals surface area contributed by atoms with Crippen LogP contribution in [0.5, 0.6) is 5.75 Å². The van der Waals surface area contributed by atoms with Crippen molar-refractivity contribution in [1.82, 2.24) is 4.98 Å². The number of aromatic amines is 1. The zero-order chi connectivity index (χ0) is 18.5. The van der Waals surface area contributed by atoms with Crippen LogP contribution in [0, 0.1) is 6.92 Å². The van der Waals surface area contributed by atoms with E-state index >= 15 is 0 Å². The van der Waals surface area contributed by atoms with Crippen molar-refractivity contribution < 1.29 is 9.53 Å². The van der Waals surface area contributed by atoms with Crippen molar-refractivity contribution in [3.8, 4) is 5.75 Å². The number of rotatable bonds is 6. The van der Waals surface area contributed by atoms with Crippen molar-refractivity contribution in [2.45, 2.75) is 12.7 Å². The van der Waals surface area contributed by atoms with Crippen LogP contribution >= 0.6 is 11.8 Å². The number of carbonyl (C=O) groups is 1. The van der Waals surface area contributed by atoms with E-state index in [-0.39, 0.29) is 17.1 Å². The Balaban J connectivity index is 1.61. The first-order valence-electron chi connectivity index (χ1n) is 8.20. The van der Waals surface area contributed by atoms with E-state index in [1.807, 2.05) is 43.3 Å². The summed E-state index contributed by atoms with van der Waals surface area (Å²) >= 11 is 1.45. The highest BCUT2D eigenvalue weighted by atomic mass is 32.2. The van der Waals surface area contributed by atoms with Crippen LogP contribution in [0.25, 0.3) is 10.9 Å².